The highest BCUT2D eigenvalue weighted by Gasteiger charge is 2.19. The fraction of sp³-hybridized carbons (Fsp3) is 0.923. The first-order valence-electron chi connectivity index (χ1n) is 6.79. The van der Waals surface area contributed by atoms with Gasteiger partial charge in [0, 0.05) is 19.1 Å². The fourth-order valence-corrected chi connectivity index (χ4v) is 2.23. The second-order valence-electron chi connectivity index (χ2n) is 5.44. The molecule has 0 radical (unpaired) electrons. The molecule has 0 aromatic heterocycles. The molecule has 18 heavy (non-hydrogen) atoms. The molecule has 108 valence electrons. The molecule has 1 amide bonds. The summed E-state index contributed by atoms with van der Waals surface area (Å²) >= 11 is 0. The highest BCUT2D eigenvalue weighted by Crippen LogP contribution is 2.15. The number of nitrogens with zero attached hydrogens (tertiary/aromatic N) is 1. The predicted molar refractivity (Wildman–Crippen MR) is 78.0 cm³/mol. The SMILES string of the molecule is CC(C)[C@H](N)C(=O)NCCN1CCCCC1C.Cl. The highest BCUT2D eigenvalue weighted by atomic mass is 35.5. The van der Waals surface area contributed by atoms with E-state index in [1.54, 1.807) is 0 Å². The highest BCUT2D eigenvalue weighted by molar-refractivity contribution is 5.85. The van der Waals surface area contributed by atoms with Crippen LogP contribution in [-0.2, 0) is 4.79 Å². The molecule has 5 heteroatoms. The number of amides is 1. The zero-order valence-corrected chi connectivity index (χ0v) is 12.6. The van der Waals surface area contributed by atoms with Crippen molar-refractivity contribution in [2.75, 3.05) is 19.6 Å². The number of hydrogen-bond acceptors (Lipinski definition) is 3. The van der Waals surface area contributed by atoms with E-state index in [1.165, 1.54) is 19.3 Å². The molecule has 3 N–H and O–H groups in total. The first kappa shape index (κ1) is 17.7. The fourth-order valence-electron chi connectivity index (χ4n) is 2.23. The van der Waals surface area contributed by atoms with E-state index in [0.29, 0.717) is 12.6 Å². The number of rotatable bonds is 5. The van der Waals surface area contributed by atoms with Crippen LogP contribution in [0.5, 0.6) is 0 Å². The van der Waals surface area contributed by atoms with Crippen LogP contribution < -0.4 is 11.1 Å². The molecule has 1 heterocycles. The average molecular weight is 278 g/mol. The smallest absolute Gasteiger partial charge is 0.237 e. The molecule has 1 rings (SSSR count). The predicted octanol–water partition coefficient (Wildman–Crippen LogP) is 1.38. The summed E-state index contributed by atoms with van der Waals surface area (Å²) in [6.07, 6.45) is 3.89. The third-order valence-electron chi connectivity index (χ3n) is 3.66. The van der Waals surface area contributed by atoms with Crippen molar-refractivity contribution in [3.05, 3.63) is 0 Å². The van der Waals surface area contributed by atoms with E-state index >= 15 is 0 Å². The van der Waals surface area contributed by atoms with Crippen molar-refractivity contribution in [3.8, 4) is 0 Å². The zero-order chi connectivity index (χ0) is 12.8. The Morgan fingerprint density at radius 1 is 1.44 bits per heavy atom. The number of carbonyl (C=O) groups excluding carboxylic acids is 1. The number of hydrogen-bond donors (Lipinski definition) is 2. The lowest BCUT2D eigenvalue weighted by molar-refractivity contribution is -0.123. The van der Waals surface area contributed by atoms with Gasteiger partial charge in [-0.05, 0) is 32.2 Å². The molecular weight excluding hydrogens is 250 g/mol. The van der Waals surface area contributed by atoms with Crippen LogP contribution in [0.1, 0.15) is 40.0 Å². The van der Waals surface area contributed by atoms with E-state index < -0.39 is 0 Å². The lowest BCUT2D eigenvalue weighted by Gasteiger charge is -2.33. The van der Waals surface area contributed by atoms with Crippen molar-refractivity contribution in [2.45, 2.75) is 52.1 Å². The number of nitrogens with two attached hydrogens (primary N) is 1. The molecule has 0 spiro atoms. The van der Waals surface area contributed by atoms with Gasteiger partial charge in [-0.25, -0.2) is 0 Å². The molecule has 1 fully saturated rings. The third-order valence-corrected chi connectivity index (χ3v) is 3.66. The summed E-state index contributed by atoms with van der Waals surface area (Å²) in [5.74, 6) is 0.175. The Balaban J connectivity index is 0.00000289. The summed E-state index contributed by atoms with van der Waals surface area (Å²) in [4.78, 5) is 14.1. The molecule has 2 atom stereocenters. The number of piperidine rings is 1. The minimum absolute atomic E-state index is 0. The van der Waals surface area contributed by atoms with Crippen molar-refractivity contribution in [1.82, 2.24) is 10.2 Å². The molecule has 0 aliphatic carbocycles. The summed E-state index contributed by atoms with van der Waals surface area (Å²) in [5.41, 5.74) is 5.78. The van der Waals surface area contributed by atoms with Crippen LogP contribution in [0.3, 0.4) is 0 Å². The van der Waals surface area contributed by atoms with Crippen molar-refractivity contribution in [1.29, 1.82) is 0 Å². The van der Waals surface area contributed by atoms with E-state index in [9.17, 15) is 4.79 Å². The molecule has 4 nitrogen and oxygen atoms in total. The van der Waals surface area contributed by atoms with E-state index in [0.717, 1.165) is 13.1 Å². The number of likely N-dealkylation sites (tertiary alicyclic amines) is 1. The largest absolute Gasteiger partial charge is 0.353 e. The van der Waals surface area contributed by atoms with Crippen molar-refractivity contribution in [2.24, 2.45) is 11.7 Å². The maximum atomic E-state index is 11.7. The van der Waals surface area contributed by atoms with E-state index in [-0.39, 0.29) is 30.3 Å². The Hall–Kier alpha value is -0.320. The third kappa shape index (κ3) is 5.55. The van der Waals surface area contributed by atoms with Gasteiger partial charge in [-0.3, -0.25) is 9.69 Å². The number of carbonyl (C=O) groups is 1. The Morgan fingerprint density at radius 2 is 2.11 bits per heavy atom. The van der Waals surface area contributed by atoms with Crippen LogP contribution >= 0.6 is 12.4 Å². The quantitative estimate of drug-likeness (QED) is 0.798. The lowest BCUT2D eigenvalue weighted by Crippen LogP contribution is -2.47. The van der Waals surface area contributed by atoms with Gasteiger partial charge >= 0.3 is 0 Å². The van der Waals surface area contributed by atoms with Crippen molar-refractivity contribution < 1.29 is 4.79 Å². The molecule has 1 unspecified atom stereocenters. The summed E-state index contributed by atoms with van der Waals surface area (Å²) in [6, 6.07) is 0.271. The van der Waals surface area contributed by atoms with E-state index in [2.05, 4.69) is 17.1 Å². The van der Waals surface area contributed by atoms with Gasteiger partial charge in [-0.15, -0.1) is 12.4 Å². The van der Waals surface area contributed by atoms with Crippen molar-refractivity contribution in [3.63, 3.8) is 0 Å². The monoisotopic (exact) mass is 277 g/mol. The number of halogens is 1. The molecular formula is C13H28ClN3O. The van der Waals surface area contributed by atoms with Crippen LogP contribution in [0.2, 0.25) is 0 Å². The molecule has 0 saturated carbocycles. The van der Waals surface area contributed by atoms with Gasteiger partial charge in [-0.1, -0.05) is 20.3 Å². The topological polar surface area (TPSA) is 58.4 Å². The van der Waals surface area contributed by atoms with Crippen LogP contribution in [-0.4, -0.2) is 42.5 Å². The molecule has 1 aliphatic rings. The van der Waals surface area contributed by atoms with Crippen LogP contribution in [0, 0.1) is 5.92 Å². The Labute approximate surface area is 117 Å². The van der Waals surface area contributed by atoms with Gasteiger partial charge in [0.15, 0.2) is 0 Å². The maximum Gasteiger partial charge on any atom is 0.237 e. The second-order valence-corrected chi connectivity index (χ2v) is 5.44. The first-order chi connectivity index (χ1) is 8.02. The van der Waals surface area contributed by atoms with Gasteiger partial charge in [0.05, 0.1) is 6.04 Å². The van der Waals surface area contributed by atoms with Gasteiger partial charge in [0.2, 0.25) is 5.91 Å². The summed E-state index contributed by atoms with van der Waals surface area (Å²) in [6.45, 7) is 9.02. The lowest BCUT2D eigenvalue weighted by atomic mass is 10.0. The summed E-state index contributed by atoms with van der Waals surface area (Å²) in [7, 11) is 0. The maximum absolute atomic E-state index is 11.7. The first-order valence-corrected chi connectivity index (χ1v) is 6.79. The number of nitrogens with one attached hydrogen (secondary N) is 1. The minimum Gasteiger partial charge on any atom is -0.353 e. The van der Waals surface area contributed by atoms with Gasteiger partial charge in [0.1, 0.15) is 0 Å². The van der Waals surface area contributed by atoms with Crippen LogP contribution in [0.25, 0.3) is 0 Å². The Kier molecular flexibility index (Phi) is 8.57. The molecule has 0 aromatic carbocycles. The Bertz CT molecular complexity index is 248. The molecule has 0 bridgehead atoms. The van der Waals surface area contributed by atoms with E-state index in [4.69, 9.17) is 5.73 Å². The Morgan fingerprint density at radius 3 is 2.67 bits per heavy atom. The van der Waals surface area contributed by atoms with E-state index in [1.807, 2.05) is 13.8 Å². The summed E-state index contributed by atoms with van der Waals surface area (Å²) < 4.78 is 0. The molecule has 1 aliphatic heterocycles. The average Bonchev–Trinajstić information content (AvgIpc) is 2.30. The minimum atomic E-state index is -0.381. The van der Waals surface area contributed by atoms with Crippen LogP contribution in [0.15, 0.2) is 0 Å². The second kappa shape index (κ2) is 8.73. The van der Waals surface area contributed by atoms with Crippen molar-refractivity contribution >= 4 is 18.3 Å². The van der Waals surface area contributed by atoms with Gasteiger partial charge in [-0.2, -0.15) is 0 Å². The molecule has 0 aromatic rings. The standard InChI is InChI=1S/C13H27N3O.ClH/c1-10(2)12(14)13(17)15-7-9-16-8-5-4-6-11(16)3;/h10-12H,4-9,14H2,1-3H3,(H,15,17);1H/t11?,12-;/m0./s1. The van der Waals surface area contributed by atoms with Gasteiger partial charge in [0.25, 0.3) is 0 Å². The van der Waals surface area contributed by atoms with Crippen LogP contribution in [0.4, 0.5) is 0 Å². The zero-order valence-electron chi connectivity index (χ0n) is 11.8. The molecule has 1 saturated heterocycles. The van der Waals surface area contributed by atoms with Gasteiger partial charge < -0.3 is 11.1 Å². The normalized spacial score (nSPS) is 22.4. The summed E-state index contributed by atoms with van der Waals surface area (Å²) in [5, 5.41) is 2.93.